The van der Waals surface area contributed by atoms with Crippen LogP contribution in [-0.4, -0.2) is 64.8 Å². The quantitative estimate of drug-likeness (QED) is 0.537. The normalized spacial score (nSPS) is 20.9. The maximum atomic E-state index is 12.9. The van der Waals surface area contributed by atoms with Crippen molar-refractivity contribution in [2.24, 2.45) is 11.8 Å². The zero-order valence-corrected chi connectivity index (χ0v) is 20.4. The molecule has 0 saturated carbocycles. The van der Waals surface area contributed by atoms with Crippen molar-refractivity contribution < 1.29 is 24.2 Å². The molecule has 0 spiro atoms. The standard InChI is InChI=1S/C23H43N3O5/c1-15(2)10-11-20(28)26-12-8-9-17(19(27)14-26)24-21(29)18(13-16(3)4)25-22(30)31-23(5,6)7/h15-19,27H,8-14H2,1-7H3,(H,24,29)(H,25,30)/t17?,18-,19?/m0/s1. The summed E-state index contributed by atoms with van der Waals surface area (Å²) >= 11 is 0. The number of ether oxygens (including phenoxy) is 1. The summed E-state index contributed by atoms with van der Waals surface area (Å²) in [6.07, 6.45) is 1.52. The molecule has 8 heteroatoms. The van der Waals surface area contributed by atoms with Crippen LogP contribution in [0.3, 0.4) is 0 Å². The highest BCUT2D eigenvalue weighted by Crippen LogP contribution is 2.16. The predicted molar refractivity (Wildman–Crippen MR) is 120 cm³/mol. The molecule has 0 radical (unpaired) electrons. The average molecular weight is 442 g/mol. The fraction of sp³-hybridized carbons (Fsp3) is 0.870. The summed E-state index contributed by atoms with van der Waals surface area (Å²) in [4.78, 5) is 39.3. The smallest absolute Gasteiger partial charge is 0.408 e. The predicted octanol–water partition coefficient (Wildman–Crippen LogP) is 2.83. The molecule has 1 saturated heterocycles. The molecule has 3 N–H and O–H groups in total. The third-order valence-corrected chi connectivity index (χ3v) is 5.15. The molecule has 3 atom stereocenters. The minimum atomic E-state index is -0.851. The SMILES string of the molecule is CC(C)CCC(=O)N1CCCC(NC(=O)[C@H](CC(C)C)NC(=O)OC(C)(C)C)C(O)C1. The van der Waals surface area contributed by atoms with E-state index in [-0.39, 0.29) is 24.3 Å². The number of hydrogen-bond donors (Lipinski definition) is 3. The first-order valence-corrected chi connectivity index (χ1v) is 11.5. The van der Waals surface area contributed by atoms with Gasteiger partial charge in [0.25, 0.3) is 0 Å². The van der Waals surface area contributed by atoms with Crippen LogP contribution in [0.5, 0.6) is 0 Å². The number of β-amino-alcohol motifs (C(OH)–C–C–N with tert-alkyl or cyclic N) is 1. The van der Waals surface area contributed by atoms with Crippen LogP contribution in [0.1, 0.15) is 80.6 Å². The van der Waals surface area contributed by atoms with Gasteiger partial charge in [-0.05, 0) is 58.3 Å². The second kappa shape index (κ2) is 12.3. The minimum absolute atomic E-state index is 0.0454. The van der Waals surface area contributed by atoms with Gasteiger partial charge in [0.1, 0.15) is 11.6 Å². The third-order valence-electron chi connectivity index (χ3n) is 5.15. The van der Waals surface area contributed by atoms with Gasteiger partial charge >= 0.3 is 6.09 Å². The van der Waals surface area contributed by atoms with Gasteiger partial charge in [-0.25, -0.2) is 4.79 Å². The molecule has 0 aromatic carbocycles. The highest BCUT2D eigenvalue weighted by molar-refractivity contribution is 5.86. The number of carbonyl (C=O) groups excluding carboxylic acids is 3. The van der Waals surface area contributed by atoms with Crippen LogP contribution in [0.4, 0.5) is 4.79 Å². The number of alkyl carbamates (subject to hydrolysis) is 1. The van der Waals surface area contributed by atoms with Crippen molar-refractivity contribution in [3.63, 3.8) is 0 Å². The molecule has 1 rings (SSSR count). The van der Waals surface area contributed by atoms with Gasteiger partial charge in [-0.1, -0.05) is 27.7 Å². The molecule has 0 aromatic heterocycles. The Kier molecular flexibility index (Phi) is 10.8. The molecule has 31 heavy (non-hydrogen) atoms. The summed E-state index contributed by atoms with van der Waals surface area (Å²) in [7, 11) is 0. The second-order valence-electron chi connectivity index (χ2n) is 10.4. The number of nitrogens with zero attached hydrogens (tertiary/aromatic N) is 1. The Morgan fingerprint density at radius 1 is 1.13 bits per heavy atom. The van der Waals surface area contributed by atoms with E-state index in [2.05, 4.69) is 24.5 Å². The lowest BCUT2D eigenvalue weighted by molar-refractivity contribution is -0.132. The first-order chi connectivity index (χ1) is 14.3. The Morgan fingerprint density at radius 3 is 2.32 bits per heavy atom. The molecule has 180 valence electrons. The molecule has 0 bridgehead atoms. The topological polar surface area (TPSA) is 108 Å². The maximum absolute atomic E-state index is 12.9. The summed E-state index contributed by atoms with van der Waals surface area (Å²) in [5.74, 6) is 0.328. The van der Waals surface area contributed by atoms with Crippen molar-refractivity contribution >= 4 is 17.9 Å². The molecule has 0 aliphatic carbocycles. The van der Waals surface area contributed by atoms with E-state index in [4.69, 9.17) is 4.74 Å². The van der Waals surface area contributed by atoms with E-state index >= 15 is 0 Å². The zero-order valence-electron chi connectivity index (χ0n) is 20.4. The van der Waals surface area contributed by atoms with Crippen molar-refractivity contribution in [1.82, 2.24) is 15.5 Å². The Bertz CT molecular complexity index is 601. The van der Waals surface area contributed by atoms with Crippen LogP contribution in [-0.2, 0) is 14.3 Å². The van der Waals surface area contributed by atoms with Crippen LogP contribution in [0.2, 0.25) is 0 Å². The van der Waals surface area contributed by atoms with Crippen molar-refractivity contribution in [2.75, 3.05) is 13.1 Å². The van der Waals surface area contributed by atoms with Crippen molar-refractivity contribution in [2.45, 2.75) is 104 Å². The zero-order chi connectivity index (χ0) is 23.8. The van der Waals surface area contributed by atoms with Crippen molar-refractivity contribution in [1.29, 1.82) is 0 Å². The molecule has 0 aromatic rings. The van der Waals surface area contributed by atoms with Crippen molar-refractivity contribution in [3.05, 3.63) is 0 Å². The number of nitrogens with one attached hydrogen (secondary N) is 2. The highest BCUT2D eigenvalue weighted by Gasteiger charge is 2.32. The molecule has 8 nitrogen and oxygen atoms in total. The Labute approximate surface area is 187 Å². The summed E-state index contributed by atoms with van der Waals surface area (Å²) in [5.41, 5.74) is -0.661. The fourth-order valence-corrected chi connectivity index (χ4v) is 3.54. The summed E-state index contributed by atoms with van der Waals surface area (Å²) in [6.45, 7) is 14.2. The molecular weight excluding hydrogens is 398 g/mol. The number of aliphatic hydroxyl groups excluding tert-OH is 1. The molecule has 1 fully saturated rings. The second-order valence-corrected chi connectivity index (χ2v) is 10.4. The van der Waals surface area contributed by atoms with E-state index in [0.29, 0.717) is 38.1 Å². The molecule has 1 aliphatic heterocycles. The third kappa shape index (κ3) is 10.8. The van der Waals surface area contributed by atoms with Crippen LogP contribution in [0.25, 0.3) is 0 Å². The Balaban J connectivity index is 2.72. The largest absolute Gasteiger partial charge is 0.444 e. The average Bonchev–Trinajstić information content (AvgIpc) is 2.79. The first-order valence-electron chi connectivity index (χ1n) is 11.5. The summed E-state index contributed by atoms with van der Waals surface area (Å²) < 4.78 is 5.29. The van der Waals surface area contributed by atoms with E-state index in [9.17, 15) is 19.5 Å². The van der Waals surface area contributed by atoms with Gasteiger partial charge in [-0.2, -0.15) is 0 Å². The minimum Gasteiger partial charge on any atom is -0.444 e. The van der Waals surface area contributed by atoms with Gasteiger partial charge in [0, 0.05) is 19.5 Å². The number of likely N-dealkylation sites (tertiary alicyclic amines) is 1. The molecule has 3 amide bonds. The van der Waals surface area contributed by atoms with Gasteiger partial charge < -0.3 is 25.4 Å². The van der Waals surface area contributed by atoms with E-state index in [0.717, 1.165) is 6.42 Å². The fourth-order valence-electron chi connectivity index (χ4n) is 3.54. The monoisotopic (exact) mass is 441 g/mol. The molecule has 2 unspecified atom stereocenters. The summed E-state index contributed by atoms with van der Waals surface area (Å²) in [6, 6.07) is -1.22. The Hall–Kier alpha value is -1.83. The number of amides is 3. The van der Waals surface area contributed by atoms with E-state index in [1.165, 1.54) is 0 Å². The lowest BCUT2D eigenvalue weighted by atomic mass is 10.0. The van der Waals surface area contributed by atoms with Gasteiger partial charge in [0.2, 0.25) is 11.8 Å². The lowest BCUT2D eigenvalue weighted by Gasteiger charge is -2.28. The lowest BCUT2D eigenvalue weighted by Crippen LogP contribution is -2.54. The van der Waals surface area contributed by atoms with Gasteiger partial charge in [0.05, 0.1) is 12.1 Å². The van der Waals surface area contributed by atoms with E-state index in [1.807, 2.05) is 13.8 Å². The number of hydrogen-bond acceptors (Lipinski definition) is 5. The van der Waals surface area contributed by atoms with Gasteiger partial charge in [0.15, 0.2) is 0 Å². The van der Waals surface area contributed by atoms with Crippen molar-refractivity contribution in [3.8, 4) is 0 Å². The number of carbonyl (C=O) groups is 3. The van der Waals surface area contributed by atoms with E-state index < -0.39 is 29.9 Å². The van der Waals surface area contributed by atoms with E-state index in [1.54, 1.807) is 25.7 Å². The highest BCUT2D eigenvalue weighted by atomic mass is 16.6. The van der Waals surface area contributed by atoms with Crippen LogP contribution < -0.4 is 10.6 Å². The van der Waals surface area contributed by atoms with Crippen LogP contribution in [0, 0.1) is 11.8 Å². The number of rotatable bonds is 8. The van der Waals surface area contributed by atoms with Crippen LogP contribution in [0.15, 0.2) is 0 Å². The molecule has 1 heterocycles. The maximum Gasteiger partial charge on any atom is 0.408 e. The number of aliphatic hydroxyl groups is 1. The van der Waals surface area contributed by atoms with Gasteiger partial charge in [-0.3, -0.25) is 9.59 Å². The molecule has 1 aliphatic rings. The van der Waals surface area contributed by atoms with Crippen LogP contribution >= 0.6 is 0 Å². The van der Waals surface area contributed by atoms with Gasteiger partial charge in [-0.15, -0.1) is 0 Å². The Morgan fingerprint density at radius 2 is 1.77 bits per heavy atom. The first kappa shape index (κ1) is 27.2. The summed E-state index contributed by atoms with van der Waals surface area (Å²) in [5, 5.41) is 16.2. The molecular formula is C23H43N3O5.